The molecule has 19 heavy (non-hydrogen) atoms. The number of nitrogens with one attached hydrogen (secondary N) is 1. The Balaban J connectivity index is 1.84. The van der Waals surface area contributed by atoms with Crippen molar-refractivity contribution in [3.8, 4) is 0 Å². The van der Waals surface area contributed by atoms with Crippen molar-refractivity contribution < 1.29 is 4.79 Å². The van der Waals surface area contributed by atoms with E-state index in [0.29, 0.717) is 12.4 Å². The summed E-state index contributed by atoms with van der Waals surface area (Å²) in [6.07, 6.45) is 0. The molecule has 0 atom stereocenters. The first kappa shape index (κ1) is 13.8. The van der Waals surface area contributed by atoms with Gasteiger partial charge in [-0.15, -0.1) is 0 Å². The van der Waals surface area contributed by atoms with Gasteiger partial charge in [-0.25, -0.2) is 4.79 Å². The zero-order chi connectivity index (χ0) is 13.8. The maximum Gasteiger partial charge on any atom is 0.323 e. The van der Waals surface area contributed by atoms with Gasteiger partial charge in [0.2, 0.25) is 0 Å². The lowest BCUT2D eigenvalue weighted by Gasteiger charge is -2.34. The Morgan fingerprint density at radius 2 is 2.11 bits per heavy atom. The lowest BCUT2D eigenvalue weighted by Crippen LogP contribution is -2.50. The number of hydrogen-bond acceptors (Lipinski definition) is 4. The van der Waals surface area contributed by atoms with Crippen LogP contribution in [0.5, 0.6) is 0 Å². The average Bonchev–Trinajstić information content (AvgIpc) is 2.69. The Morgan fingerprint density at radius 1 is 1.42 bits per heavy atom. The number of anilines is 1. The molecule has 1 aliphatic rings. The third-order valence-corrected chi connectivity index (χ3v) is 3.45. The molecule has 0 spiro atoms. The van der Waals surface area contributed by atoms with Crippen LogP contribution >= 0.6 is 0 Å². The summed E-state index contributed by atoms with van der Waals surface area (Å²) in [4.78, 5) is 16.2. The highest BCUT2D eigenvalue weighted by Gasteiger charge is 2.21. The second kappa shape index (κ2) is 6.03. The summed E-state index contributed by atoms with van der Waals surface area (Å²) in [7, 11) is 1.86. The Morgan fingerprint density at radius 3 is 2.63 bits per heavy atom. The molecule has 2 heterocycles. The van der Waals surface area contributed by atoms with Gasteiger partial charge < -0.3 is 10.6 Å². The topological polar surface area (TPSA) is 79.4 Å². The number of carbonyl (C=O) groups is 1. The molecule has 3 N–H and O–H groups in total. The normalized spacial score (nSPS) is 16.7. The maximum absolute atomic E-state index is 12.1. The van der Waals surface area contributed by atoms with Gasteiger partial charge in [-0.05, 0) is 6.92 Å². The first-order valence-electron chi connectivity index (χ1n) is 6.59. The number of hydrogen-bond donors (Lipinski definition) is 2. The number of piperazine rings is 1. The molecule has 2 rings (SSSR count). The molecule has 1 fully saturated rings. The molecule has 0 aromatic carbocycles. The molecule has 1 aromatic heterocycles. The SMILES string of the molecule is Cc1cc(NC(=O)N2CCN(CCN)CC2)nn1C. The molecule has 0 bridgehead atoms. The minimum Gasteiger partial charge on any atom is -0.329 e. The van der Waals surface area contributed by atoms with E-state index in [-0.39, 0.29) is 6.03 Å². The Bertz CT molecular complexity index is 416. The van der Waals surface area contributed by atoms with E-state index < -0.39 is 0 Å². The van der Waals surface area contributed by atoms with Crippen LogP contribution in [0.25, 0.3) is 0 Å². The molecule has 1 aromatic rings. The van der Waals surface area contributed by atoms with Crippen molar-refractivity contribution in [1.82, 2.24) is 19.6 Å². The van der Waals surface area contributed by atoms with Crippen LogP contribution in [-0.4, -0.2) is 64.9 Å². The molecule has 1 aliphatic heterocycles. The standard InChI is InChI=1S/C12H22N6O/c1-10-9-11(15-16(10)2)14-12(19)18-7-5-17(4-3-13)6-8-18/h9H,3-8,13H2,1-2H3,(H,14,15,19). The molecule has 106 valence electrons. The second-order valence-electron chi connectivity index (χ2n) is 4.84. The van der Waals surface area contributed by atoms with E-state index in [1.54, 1.807) is 4.68 Å². The third kappa shape index (κ3) is 3.45. The summed E-state index contributed by atoms with van der Waals surface area (Å²) in [6.45, 7) is 6.75. The fourth-order valence-corrected chi connectivity index (χ4v) is 2.17. The van der Waals surface area contributed by atoms with Crippen LogP contribution in [0.1, 0.15) is 5.69 Å². The van der Waals surface area contributed by atoms with Crippen molar-refractivity contribution in [1.29, 1.82) is 0 Å². The van der Waals surface area contributed by atoms with Gasteiger partial charge in [0.25, 0.3) is 0 Å². The van der Waals surface area contributed by atoms with Gasteiger partial charge in [0.1, 0.15) is 0 Å². The van der Waals surface area contributed by atoms with E-state index in [1.807, 2.05) is 24.9 Å². The van der Waals surface area contributed by atoms with Gasteiger partial charge in [-0.2, -0.15) is 5.10 Å². The van der Waals surface area contributed by atoms with E-state index in [0.717, 1.165) is 38.4 Å². The van der Waals surface area contributed by atoms with Crippen LogP contribution in [0.15, 0.2) is 6.07 Å². The smallest absolute Gasteiger partial charge is 0.323 e. The van der Waals surface area contributed by atoms with Crippen LogP contribution in [0.2, 0.25) is 0 Å². The highest BCUT2D eigenvalue weighted by molar-refractivity contribution is 5.88. The molecule has 1 saturated heterocycles. The molecule has 7 heteroatoms. The van der Waals surface area contributed by atoms with Gasteiger partial charge >= 0.3 is 6.03 Å². The predicted octanol–water partition coefficient (Wildman–Crippen LogP) is -0.163. The van der Waals surface area contributed by atoms with E-state index in [1.165, 1.54) is 0 Å². The molecular weight excluding hydrogens is 244 g/mol. The molecule has 0 unspecified atom stereocenters. The minimum absolute atomic E-state index is 0.0782. The fraction of sp³-hybridized carbons (Fsp3) is 0.667. The van der Waals surface area contributed by atoms with Crippen molar-refractivity contribution in [3.05, 3.63) is 11.8 Å². The number of nitrogens with zero attached hydrogens (tertiary/aromatic N) is 4. The lowest BCUT2D eigenvalue weighted by molar-refractivity contribution is 0.149. The lowest BCUT2D eigenvalue weighted by atomic mass is 10.3. The van der Waals surface area contributed by atoms with Crippen molar-refractivity contribution in [3.63, 3.8) is 0 Å². The first-order valence-corrected chi connectivity index (χ1v) is 6.59. The highest BCUT2D eigenvalue weighted by atomic mass is 16.2. The monoisotopic (exact) mass is 266 g/mol. The quantitative estimate of drug-likeness (QED) is 0.796. The van der Waals surface area contributed by atoms with Gasteiger partial charge in [0, 0.05) is 58.1 Å². The summed E-state index contributed by atoms with van der Waals surface area (Å²) in [5, 5.41) is 7.05. The zero-order valence-electron chi connectivity index (χ0n) is 11.6. The van der Waals surface area contributed by atoms with Crippen LogP contribution in [0.3, 0.4) is 0 Å². The van der Waals surface area contributed by atoms with E-state index in [9.17, 15) is 4.79 Å². The number of aryl methyl sites for hydroxylation is 2. The Labute approximate surface area is 113 Å². The molecular formula is C12H22N6O. The molecule has 0 aliphatic carbocycles. The van der Waals surface area contributed by atoms with E-state index >= 15 is 0 Å². The molecule has 0 radical (unpaired) electrons. The van der Waals surface area contributed by atoms with Gasteiger partial charge in [0.05, 0.1) is 0 Å². The largest absolute Gasteiger partial charge is 0.329 e. The summed E-state index contributed by atoms with van der Waals surface area (Å²) in [5.41, 5.74) is 6.54. The van der Waals surface area contributed by atoms with Crippen LogP contribution in [-0.2, 0) is 7.05 Å². The average molecular weight is 266 g/mol. The highest BCUT2D eigenvalue weighted by Crippen LogP contribution is 2.09. The number of aromatic nitrogens is 2. The van der Waals surface area contributed by atoms with Crippen LogP contribution in [0.4, 0.5) is 10.6 Å². The summed E-state index contributed by atoms with van der Waals surface area (Å²) in [6, 6.07) is 1.79. The number of nitrogens with two attached hydrogens (primary N) is 1. The van der Waals surface area contributed by atoms with Gasteiger partial charge in [-0.3, -0.25) is 14.9 Å². The number of rotatable bonds is 3. The number of carbonyl (C=O) groups excluding carboxylic acids is 1. The molecule has 0 saturated carbocycles. The number of urea groups is 1. The van der Waals surface area contributed by atoms with E-state index in [4.69, 9.17) is 5.73 Å². The minimum atomic E-state index is -0.0782. The van der Waals surface area contributed by atoms with Gasteiger partial charge in [-0.1, -0.05) is 0 Å². The zero-order valence-corrected chi connectivity index (χ0v) is 11.6. The summed E-state index contributed by atoms with van der Waals surface area (Å²) in [5.74, 6) is 0.606. The van der Waals surface area contributed by atoms with Crippen molar-refractivity contribution in [2.45, 2.75) is 6.92 Å². The predicted molar refractivity (Wildman–Crippen MR) is 74.0 cm³/mol. The van der Waals surface area contributed by atoms with Gasteiger partial charge in [0.15, 0.2) is 5.82 Å². The van der Waals surface area contributed by atoms with Crippen LogP contribution in [0, 0.1) is 6.92 Å². The first-order chi connectivity index (χ1) is 9.10. The second-order valence-corrected chi connectivity index (χ2v) is 4.84. The Kier molecular flexibility index (Phi) is 4.39. The Hall–Kier alpha value is -1.60. The summed E-state index contributed by atoms with van der Waals surface area (Å²) < 4.78 is 1.74. The van der Waals surface area contributed by atoms with E-state index in [2.05, 4.69) is 15.3 Å². The molecule has 7 nitrogen and oxygen atoms in total. The van der Waals surface area contributed by atoms with Crippen molar-refractivity contribution in [2.75, 3.05) is 44.6 Å². The number of amides is 2. The fourth-order valence-electron chi connectivity index (χ4n) is 2.17. The third-order valence-electron chi connectivity index (χ3n) is 3.45. The summed E-state index contributed by atoms with van der Waals surface area (Å²) >= 11 is 0. The van der Waals surface area contributed by atoms with Crippen LogP contribution < -0.4 is 11.1 Å². The maximum atomic E-state index is 12.1. The van der Waals surface area contributed by atoms with Crippen molar-refractivity contribution in [2.24, 2.45) is 12.8 Å². The molecule has 2 amide bonds. The van der Waals surface area contributed by atoms with Crippen molar-refractivity contribution >= 4 is 11.8 Å².